The normalized spacial score (nSPS) is 13.8. The first-order valence-electron chi connectivity index (χ1n) is 12.5. The number of carbonyl (C=O) groups excluding carboxylic acids is 1. The Labute approximate surface area is 215 Å². The number of furan rings is 1. The molecule has 0 unspecified atom stereocenters. The molecule has 0 radical (unpaired) electrons. The lowest BCUT2D eigenvalue weighted by Gasteiger charge is -2.26. The number of ether oxygens (including phenoxy) is 2. The van der Waals surface area contributed by atoms with Crippen LogP contribution in [-0.4, -0.2) is 39.2 Å². The average molecular weight is 502 g/mol. The molecular weight excluding hydrogens is 470 g/mol. The zero-order valence-electron chi connectivity index (χ0n) is 21.6. The van der Waals surface area contributed by atoms with Gasteiger partial charge in [-0.05, 0) is 58.4 Å². The van der Waals surface area contributed by atoms with Crippen LogP contribution >= 0.6 is 0 Å². The predicted octanol–water partition coefficient (Wildman–Crippen LogP) is 5.20. The summed E-state index contributed by atoms with van der Waals surface area (Å²) in [4.78, 5) is 31.4. The largest absolute Gasteiger partial charge is 0.489 e. The maximum absolute atomic E-state index is 12.9. The van der Waals surface area contributed by atoms with Gasteiger partial charge in [0.25, 0.3) is 5.56 Å². The van der Waals surface area contributed by atoms with Crippen LogP contribution in [0.4, 0.5) is 4.79 Å². The van der Waals surface area contributed by atoms with Crippen LogP contribution < -0.4 is 10.3 Å². The first-order valence-corrected chi connectivity index (χ1v) is 12.5. The number of nitrogens with zero attached hydrogens (tertiary/aromatic N) is 3. The van der Waals surface area contributed by atoms with E-state index in [0.717, 1.165) is 33.6 Å². The van der Waals surface area contributed by atoms with Crippen molar-refractivity contribution in [1.29, 1.82) is 0 Å². The second kappa shape index (κ2) is 9.76. The third kappa shape index (κ3) is 5.53. The van der Waals surface area contributed by atoms with E-state index in [0.29, 0.717) is 44.0 Å². The van der Waals surface area contributed by atoms with Gasteiger partial charge in [0, 0.05) is 66.2 Å². The molecule has 0 saturated heterocycles. The van der Waals surface area contributed by atoms with E-state index in [2.05, 4.69) is 4.98 Å². The molecule has 0 saturated carbocycles. The van der Waals surface area contributed by atoms with E-state index in [1.807, 2.05) is 58.0 Å². The molecule has 37 heavy (non-hydrogen) atoms. The van der Waals surface area contributed by atoms with Gasteiger partial charge >= 0.3 is 6.09 Å². The van der Waals surface area contributed by atoms with Crippen LogP contribution in [0.5, 0.6) is 5.75 Å². The Balaban J connectivity index is 1.31. The molecule has 1 aliphatic heterocycles. The van der Waals surface area contributed by atoms with Crippen molar-refractivity contribution < 1.29 is 18.7 Å². The van der Waals surface area contributed by atoms with E-state index in [9.17, 15) is 9.59 Å². The molecule has 0 atom stereocenters. The molecule has 192 valence electrons. The molecule has 8 nitrogen and oxygen atoms in total. The maximum Gasteiger partial charge on any atom is 0.410 e. The van der Waals surface area contributed by atoms with Crippen molar-refractivity contribution >= 4 is 17.1 Å². The van der Waals surface area contributed by atoms with Crippen molar-refractivity contribution in [2.24, 2.45) is 0 Å². The molecule has 1 aromatic carbocycles. The predicted molar refractivity (Wildman–Crippen MR) is 140 cm³/mol. The molecule has 1 aliphatic rings. The van der Waals surface area contributed by atoms with Gasteiger partial charge in [-0.2, -0.15) is 0 Å². The fourth-order valence-corrected chi connectivity index (χ4v) is 4.43. The van der Waals surface area contributed by atoms with Gasteiger partial charge in [-0.3, -0.25) is 14.3 Å². The number of rotatable bonds is 4. The van der Waals surface area contributed by atoms with Gasteiger partial charge in [-0.25, -0.2) is 4.79 Å². The minimum atomic E-state index is -0.528. The highest BCUT2D eigenvalue weighted by Gasteiger charge is 2.26. The van der Waals surface area contributed by atoms with Crippen LogP contribution in [-0.2, 0) is 24.2 Å². The lowest BCUT2D eigenvalue weighted by molar-refractivity contribution is 0.0257. The molecule has 4 aromatic rings. The molecule has 8 heteroatoms. The lowest BCUT2D eigenvalue weighted by Crippen LogP contribution is -2.38. The van der Waals surface area contributed by atoms with Gasteiger partial charge in [-0.15, -0.1) is 0 Å². The monoisotopic (exact) mass is 501 g/mol. The highest BCUT2D eigenvalue weighted by Crippen LogP contribution is 2.31. The van der Waals surface area contributed by atoms with Crippen molar-refractivity contribution in [1.82, 2.24) is 14.5 Å². The first-order chi connectivity index (χ1) is 17.7. The maximum atomic E-state index is 12.9. The summed E-state index contributed by atoms with van der Waals surface area (Å²) < 4.78 is 19.1. The van der Waals surface area contributed by atoms with E-state index in [1.54, 1.807) is 27.9 Å². The number of fused-ring (bicyclic) bond motifs is 3. The topological polar surface area (TPSA) is 86.8 Å². The van der Waals surface area contributed by atoms with Crippen molar-refractivity contribution in [3.63, 3.8) is 0 Å². The number of hydrogen-bond donors (Lipinski definition) is 0. The number of hydrogen-bond acceptors (Lipinski definition) is 6. The molecular formula is C29H31N3O5. The van der Waals surface area contributed by atoms with Crippen LogP contribution in [0.3, 0.4) is 0 Å². The summed E-state index contributed by atoms with van der Waals surface area (Å²) in [6.07, 6.45) is 4.47. The summed E-state index contributed by atoms with van der Waals surface area (Å²) in [5, 5.41) is 1.00. The fourth-order valence-electron chi connectivity index (χ4n) is 4.43. The van der Waals surface area contributed by atoms with E-state index in [1.165, 1.54) is 6.07 Å². The van der Waals surface area contributed by atoms with E-state index in [4.69, 9.17) is 13.9 Å². The highest BCUT2D eigenvalue weighted by molar-refractivity contribution is 5.84. The standard InChI is InChI=1S/C29H31N3O5/c1-19-5-6-20(17-30-19)18-35-22-9-14-32(27(33)16-22)21-7-8-23-24-10-12-31(28(34)37-29(2,3)4)13-11-25(24)36-26(23)15-21/h5-9,14-17H,10-13,18H2,1-4H3. The Hall–Kier alpha value is -4.07. The third-order valence-corrected chi connectivity index (χ3v) is 6.30. The van der Waals surface area contributed by atoms with Gasteiger partial charge in [0.15, 0.2) is 0 Å². The summed E-state index contributed by atoms with van der Waals surface area (Å²) in [6, 6.07) is 12.9. The van der Waals surface area contributed by atoms with Crippen LogP contribution in [0.15, 0.2) is 64.1 Å². The SMILES string of the molecule is Cc1ccc(COc2ccn(-c3ccc4c5c(oc4c3)CCN(C(=O)OC(C)(C)C)CC5)c(=O)c2)cn1. The second-order valence-corrected chi connectivity index (χ2v) is 10.3. The van der Waals surface area contributed by atoms with Crippen molar-refractivity contribution in [2.75, 3.05) is 13.1 Å². The summed E-state index contributed by atoms with van der Waals surface area (Å²) in [5.41, 5.74) is 3.71. The molecule has 0 N–H and O–H groups in total. The van der Waals surface area contributed by atoms with Crippen molar-refractivity contribution in [3.05, 3.63) is 87.8 Å². The Morgan fingerprint density at radius 3 is 2.62 bits per heavy atom. The lowest BCUT2D eigenvalue weighted by atomic mass is 10.1. The van der Waals surface area contributed by atoms with E-state index < -0.39 is 5.60 Å². The summed E-state index contributed by atoms with van der Waals surface area (Å²) in [7, 11) is 0. The smallest absolute Gasteiger partial charge is 0.410 e. The molecule has 4 heterocycles. The summed E-state index contributed by atoms with van der Waals surface area (Å²) >= 11 is 0. The Kier molecular flexibility index (Phi) is 6.50. The Morgan fingerprint density at radius 2 is 1.89 bits per heavy atom. The summed E-state index contributed by atoms with van der Waals surface area (Å²) in [6.45, 7) is 8.98. The van der Waals surface area contributed by atoms with Gasteiger partial charge in [-0.1, -0.05) is 6.07 Å². The van der Waals surface area contributed by atoms with E-state index in [-0.39, 0.29) is 11.7 Å². The minimum absolute atomic E-state index is 0.194. The Bertz CT molecular complexity index is 1490. The minimum Gasteiger partial charge on any atom is -0.489 e. The Morgan fingerprint density at radius 1 is 1.08 bits per heavy atom. The van der Waals surface area contributed by atoms with Crippen molar-refractivity contribution in [2.45, 2.75) is 52.7 Å². The third-order valence-electron chi connectivity index (χ3n) is 6.30. The van der Waals surface area contributed by atoms with Crippen LogP contribution in [0, 0.1) is 6.92 Å². The number of aryl methyl sites for hydroxylation is 1. The second-order valence-electron chi connectivity index (χ2n) is 10.3. The number of benzene rings is 1. The van der Waals surface area contributed by atoms with Crippen LogP contribution in [0.25, 0.3) is 16.7 Å². The van der Waals surface area contributed by atoms with Gasteiger partial charge in [0.05, 0.1) is 5.69 Å². The molecule has 5 rings (SSSR count). The van der Waals surface area contributed by atoms with Gasteiger partial charge < -0.3 is 18.8 Å². The molecule has 0 spiro atoms. The number of aromatic nitrogens is 2. The highest BCUT2D eigenvalue weighted by atomic mass is 16.6. The quantitative estimate of drug-likeness (QED) is 0.382. The molecule has 0 aliphatic carbocycles. The fraction of sp³-hybridized carbons (Fsp3) is 0.345. The summed E-state index contributed by atoms with van der Waals surface area (Å²) in [5.74, 6) is 1.38. The number of amides is 1. The van der Waals surface area contributed by atoms with Crippen LogP contribution in [0.1, 0.15) is 43.4 Å². The van der Waals surface area contributed by atoms with Crippen LogP contribution in [0.2, 0.25) is 0 Å². The molecule has 3 aromatic heterocycles. The van der Waals surface area contributed by atoms with Gasteiger partial charge in [0.2, 0.25) is 0 Å². The van der Waals surface area contributed by atoms with Gasteiger partial charge in [0.1, 0.15) is 29.3 Å². The zero-order chi connectivity index (χ0) is 26.2. The molecule has 0 bridgehead atoms. The van der Waals surface area contributed by atoms with Crippen molar-refractivity contribution in [3.8, 4) is 11.4 Å². The van der Waals surface area contributed by atoms with E-state index >= 15 is 0 Å². The zero-order valence-corrected chi connectivity index (χ0v) is 21.6. The molecule has 1 amide bonds. The average Bonchev–Trinajstić information content (AvgIpc) is 3.05. The number of carbonyl (C=O) groups is 1. The first kappa shape index (κ1) is 24.6. The number of pyridine rings is 2. The molecule has 0 fully saturated rings.